The number of hydrogen-bond donors (Lipinski definition) is 1. The molecule has 0 radical (unpaired) electrons. The summed E-state index contributed by atoms with van der Waals surface area (Å²) >= 11 is 3.34. The molecule has 0 aliphatic heterocycles. The summed E-state index contributed by atoms with van der Waals surface area (Å²) in [7, 11) is 1.38. The molecule has 1 aromatic heterocycles. The Morgan fingerprint density at radius 3 is 2.76 bits per heavy atom. The highest BCUT2D eigenvalue weighted by atomic mass is 79.9. The normalized spacial score (nSPS) is 10.2. The topological polar surface area (TPSA) is 56.1 Å². The molecule has 0 fully saturated rings. The summed E-state index contributed by atoms with van der Waals surface area (Å²) in [6.45, 7) is 0. The first-order valence-electron chi connectivity index (χ1n) is 4.86. The number of halogens is 1. The van der Waals surface area contributed by atoms with Crippen LogP contribution in [0, 0.1) is 0 Å². The second-order valence-corrected chi connectivity index (χ2v) is 3.98. The molecular weight excluding hydrogens is 286 g/mol. The van der Waals surface area contributed by atoms with E-state index in [-0.39, 0.29) is 5.91 Å². The van der Waals surface area contributed by atoms with Crippen molar-refractivity contribution in [3.63, 3.8) is 0 Å². The first-order chi connectivity index (χ1) is 8.24. The van der Waals surface area contributed by atoms with Gasteiger partial charge in [-0.3, -0.25) is 9.63 Å². The molecule has 1 amide bonds. The van der Waals surface area contributed by atoms with Crippen molar-refractivity contribution in [2.24, 2.45) is 0 Å². The maximum Gasteiger partial charge on any atom is 0.279 e. The van der Waals surface area contributed by atoms with E-state index in [1.165, 1.54) is 13.3 Å². The monoisotopic (exact) mass is 295 g/mol. The zero-order valence-electron chi connectivity index (χ0n) is 9.05. The number of amides is 1. The number of hydrogen-bond acceptors (Lipinski definition) is 3. The van der Waals surface area contributed by atoms with E-state index in [9.17, 15) is 4.79 Å². The fourth-order valence-electron chi connectivity index (χ4n) is 1.38. The Morgan fingerprint density at radius 1 is 1.41 bits per heavy atom. The van der Waals surface area contributed by atoms with E-state index in [0.29, 0.717) is 10.2 Å². The van der Waals surface area contributed by atoms with Crippen molar-refractivity contribution in [1.82, 2.24) is 15.3 Å². The van der Waals surface area contributed by atoms with E-state index in [1.54, 1.807) is 4.68 Å². The number of rotatable bonds is 3. The van der Waals surface area contributed by atoms with Crippen molar-refractivity contribution >= 4 is 21.8 Å². The molecule has 0 atom stereocenters. The van der Waals surface area contributed by atoms with E-state index >= 15 is 0 Å². The fraction of sp³-hybridized carbons (Fsp3) is 0.0909. The molecular formula is C11H10BrN3O2. The summed E-state index contributed by atoms with van der Waals surface area (Å²) in [5.74, 6) is -0.346. The van der Waals surface area contributed by atoms with Crippen LogP contribution in [-0.4, -0.2) is 22.8 Å². The van der Waals surface area contributed by atoms with Gasteiger partial charge in [0.05, 0.1) is 24.6 Å². The molecule has 0 saturated heterocycles. The van der Waals surface area contributed by atoms with Gasteiger partial charge in [0.1, 0.15) is 4.60 Å². The molecule has 0 saturated carbocycles. The van der Waals surface area contributed by atoms with Crippen LogP contribution in [0.25, 0.3) is 5.69 Å². The van der Waals surface area contributed by atoms with Gasteiger partial charge in [0.25, 0.3) is 5.91 Å². The predicted octanol–water partition coefficient (Wildman–Crippen LogP) is 1.93. The number of aromatic nitrogens is 2. The Labute approximate surface area is 106 Å². The summed E-state index contributed by atoms with van der Waals surface area (Å²) in [4.78, 5) is 16.2. The fourth-order valence-corrected chi connectivity index (χ4v) is 1.96. The number of nitrogens with zero attached hydrogens (tertiary/aromatic N) is 2. The number of benzene rings is 1. The second kappa shape index (κ2) is 5.11. The highest BCUT2D eigenvalue weighted by molar-refractivity contribution is 9.10. The van der Waals surface area contributed by atoms with Crippen LogP contribution in [-0.2, 0) is 4.84 Å². The van der Waals surface area contributed by atoms with Crippen LogP contribution in [0.1, 0.15) is 10.4 Å². The maximum absolute atomic E-state index is 11.6. The molecule has 88 valence electrons. The SMILES string of the molecule is CONC(=O)c1cnn(-c2ccccc2)c1Br. The molecule has 6 heteroatoms. The third kappa shape index (κ3) is 2.37. The molecule has 0 unspecified atom stereocenters. The molecule has 2 aromatic rings. The van der Waals surface area contributed by atoms with Gasteiger partial charge in [-0.25, -0.2) is 10.2 Å². The molecule has 1 heterocycles. The van der Waals surface area contributed by atoms with Gasteiger partial charge >= 0.3 is 0 Å². The maximum atomic E-state index is 11.6. The van der Waals surface area contributed by atoms with Gasteiger partial charge in [-0.05, 0) is 28.1 Å². The lowest BCUT2D eigenvalue weighted by Gasteiger charge is -2.03. The van der Waals surface area contributed by atoms with Crippen molar-refractivity contribution in [1.29, 1.82) is 0 Å². The standard InChI is InChI=1S/C11H10BrN3O2/c1-17-14-11(16)9-7-13-15(10(9)12)8-5-3-2-4-6-8/h2-7H,1H3,(H,14,16). The van der Waals surface area contributed by atoms with Gasteiger partial charge in [-0.1, -0.05) is 18.2 Å². The summed E-state index contributed by atoms with van der Waals surface area (Å²) < 4.78 is 2.21. The first kappa shape index (κ1) is 11.8. The average molecular weight is 296 g/mol. The van der Waals surface area contributed by atoms with E-state index < -0.39 is 0 Å². The molecule has 0 aliphatic carbocycles. The summed E-state index contributed by atoms with van der Waals surface area (Å²) in [5.41, 5.74) is 3.53. The van der Waals surface area contributed by atoms with E-state index in [0.717, 1.165) is 5.69 Å². The quantitative estimate of drug-likeness (QED) is 0.880. The van der Waals surface area contributed by atoms with Crippen LogP contribution in [0.5, 0.6) is 0 Å². The van der Waals surface area contributed by atoms with Crippen LogP contribution >= 0.6 is 15.9 Å². The predicted molar refractivity (Wildman–Crippen MR) is 65.7 cm³/mol. The van der Waals surface area contributed by atoms with Crippen LogP contribution < -0.4 is 5.48 Å². The van der Waals surface area contributed by atoms with Gasteiger partial charge < -0.3 is 0 Å². The third-order valence-electron chi connectivity index (χ3n) is 2.15. The Morgan fingerprint density at radius 2 is 2.12 bits per heavy atom. The first-order valence-corrected chi connectivity index (χ1v) is 5.65. The molecule has 0 bridgehead atoms. The van der Waals surface area contributed by atoms with E-state index in [1.807, 2.05) is 30.3 Å². The second-order valence-electron chi connectivity index (χ2n) is 3.23. The van der Waals surface area contributed by atoms with Crippen molar-refractivity contribution < 1.29 is 9.63 Å². The van der Waals surface area contributed by atoms with Gasteiger partial charge in [0.15, 0.2) is 0 Å². The lowest BCUT2D eigenvalue weighted by atomic mass is 10.3. The van der Waals surface area contributed by atoms with Crippen molar-refractivity contribution in [3.05, 3.63) is 46.7 Å². The number of nitrogens with one attached hydrogen (secondary N) is 1. The number of hydroxylamine groups is 1. The van der Waals surface area contributed by atoms with Crippen molar-refractivity contribution in [3.8, 4) is 5.69 Å². The minimum Gasteiger partial charge on any atom is -0.277 e. The van der Waals surface area contributed by atoms with Crippen LogP contribution in [0.15, 0.2) is 41.1 Å². The van der Waals surface area contributed by atoms with Crippen molar-refractivity contribution in [2.45, 2.75) is 0 Å². The van der Waals surface area contributed by atoms with Crippen LogP contribution in [0.4, 0.5) is 0 Å². The number of carbonyl (C=O) groups excluding carboxylic acids is 1. The molecule has 17 heavy (non-hydrogen) atoms. The largest absolute Gasteiger partial charge is 0.279 e. The Hall–Kier alpha value is -1.66. The minimum absolute atomic E-state index is 0.346. The van der Waals surface area contributed by atoms with Crippen LogP contribution in [0.3, 0.4) is 0 Å². The minimum atomic E-state index is -0.346. The van der Waals surface area contributed by atoms with Crippen LogP contribution in [0.2, 0.25) is 0 Å². The highest BCUT2D eigenvalue weighted by Gasteiger charge is 2.15. The van der Waals surface area contributed by atoms with E-state index in [2.05, 4.69) is 31.3 Å². The molecule has 0 aliphatic rings. The number of carbonyl (C=O) groups is 1. The zero-order chi connectivity index (χ0) is 12.3. The van der Waals surface area contributed by atoms with E-state index in [4.69, 9.17) is 0 Å². The van der Waals surface area contributed by atoms with Gasteiger partial charge in [-0.15, -0.1) is 0 Å². The molecule has 5 nitrogen and oxygen atoms in total. The molecule has 1 aromatic carbocycles. The van der Waals surface area contributed by atoms with Gasteiger partial charge in [0.2, 0.25) is 0 Å². The average Bonchev–Trinajstić information content (AvgIpc) is 2.72. The summed E-state index contributed by atoms with van der Waals surface area (Å²) in [6, 6.07) is 9.52. The Kier molecular flexibility index (Phi) is 3.55. The molecule has 2 rings (SSSR count). The smallest absolute Gasteiger partial charge is 0.277 e. The Balaban J connectivity index is 2.37. The van der Waals surface area contributed by atoms with Crippen molar-refractivity contribution in [2.75, 3.05) is 7.11 Å². The zero-order valence-corrected chi connectivity index (χ0v) is 10.6. The summed E-state index contributed by atoms with van der Waals surface area (Å²) in [5, 5.41) is 4.14. The molecule has 1 N–H and O–H groups in total. The lowest BCUT2D eigenvalue weighted by molar-refractivity contribution is 0.0537. The van der Waals surface area contributed by atoms with Gasteiger partial charge in [0, 0.05) is 0 Å². The lowest BCUT2D eigenvalue weighted by Crippen LogP contribution is -2.21. The number of para-hydroxylation sites is 1. The highest BCUT2D eigenvalue weighted by Crippen LogP contribution is 2.20. The Bertz CT molecular complexity index is 525. The third-order valence-corrected chi connectivity index (χ3v) is 2.91. The van der Waals surface area contributed by atoms with Gasteiger partial charge in [-0.2, -0.15) is 5.10 Å². The summed E-state index contributed by atoms with van der Waals surface area (Å²) in [6.07, 6.45) is 1.48. The molecule has 0 spiro atoms.